The number of thiazole rings is 1. The number of aromatic nitrogens is 3. The third-order valence-corrected chi connectivity index (χ3v) is 5.69. The molecule has 1 aliphatic heterocycles. The van der Waals surface area contributed by atoms with Crippen LogP contribution in [0, 0.1) is 13.8 Å². The van der Waals surface area contributed by atoms with Crippen molar-refractivity contribution in [3.63, 3.8) is 0 Å². The van der Waals surface area contributed by atoms with Gasteiger partial charge in [0.2, 0.25) is 0 Å². The second kappa shape index (κ2) is 6.17. The number of aryl methyl sites for hydroxylation is 2. The maximum absolute atomic E-state index is 5.93. The van der Waals surface area contributed by atoms with Crippen LogP contribution < -0.4 is 4.90 Å². The summed E-state index contributed by atoms with van der Waals surface area (Å²) in [5.74, 6) is 2.63. The Kier molecular flexibility index (Phi) is 4.03. The molecule has 6 heteroatoms. The third kappa shape index (κ3) is 3.10. The van der Waals surface area contributed by atoms with E-state index in [-0.39, 0.29) is 6.10 Å². The molecular weight excluding hydrogens is 308 g/mol. The first-order valence-electron chi connectivity index (χ1n) is 8.33. The standard InChI is InChI=1S/C17H22N4OS/c1-11-8-15(20-16(18-11)13-4-3-5-13)21-6-7-22-14(9-21)17-19-12(2)10-23-17/h8,10,13-14H,3-7,9H2,1-2H3. The number of anilines is 1. The van der Waals surface area contributed by atoms with E-state index in [1.807, 2.05) is 6.92 Å². The lowest BCUT2D eigenvalue weighted by Gasteiger charge is -2.33. The maximum atomic E-state index is 5.93. The Morgan fingerprint density at radius 2 is 2.04 bits per heavy atom. The number of ether oxygens (including phenoxy) is 1. The van der Waals surface area contributed by atoms with E-state index in [1.54, 1.807) is 11.3 Å². The summed E-state index contributed by atoms with van der Waals surface area (Å²) < 4.78 is 5.93. The summed E-state index contributed by atoms with van der Waals surface area (Å²) in [6, 6.07) is 2.09. The van der Waals surface area contributed by atoms with Gasteiger partial charge in [-0.05, 0) is 26.7 Å². The van der Waals surface area contributed by atoms with Crippen molar-refractivity contribution in [2.24, 2.45) is 0 Å². The molecule has 1 unspecified atom stereocenters. The van der Waals surface area contributed by atoms with Crippen molar-refractivity contribution in [1.82, 2.24) is 15.0 Å². The van der Waals surface area contributed by atoms with Crippen LogP contribution in [0.15, 0.2) is 11.4 Å². The van der Waals surface area contributed by atoms with Gasteiger partial charge < -0.3 is 9.64 Å². The van der Waals surface area contributed by atoms with Gasteiger partial charge in [0.1, 0.15) is 22.8 Å². The number of hydrogen-bond donors (Lipinski definition) is 0. The Labute approximate surface area is 140 Å². The minimum absolute atomic E-state index is 0.0462. The molecule has 1 aliphatic carbocycles. The van der Waals surface area contributed by atoms with E-state index in [9.17, 15) is 0 Å². The summed E-state index contributed by atoms with van der Waals surface area (Å²) in [6.07, 6.45) is 3.81. The predicted molar refractivity (Wildman–Crippen MR) is 91.1 cm³/mol. The van der Waals surface area contributed by atoms with Gasteiger partial charge in [0, 0.05) is 35.3 Å². The molecular formula is C17H22N4OS. The lowest BCUT2D eigenvalue weighted by atomic mass is 9.85. The SMILES string of the molecule is Cc1cc(N2CCOC(c3nc(C)cs3)C2)nc(C2CCC2)n1. The van der Waals surface area contributed by atoms with E-state index in [2.05, 4.69) is 33.2 Å². The Hall–Kier alpha value is -1.53. The molecule has 5 nitrogen and oxygen atoms in total. The van der Waals surface area contributed by atoms with Gasteiger partial charge in [0.25, 0.3) is 0 Å². The molecule has 4 rings (SSSR count). The molecule has 1 saturated carbocycles. The molecule has 122 valence electrons. The van der Waals surface area contributed by atoms with Crippen molar-refractivity contribution in [2.45, 2.75) is 45.1 Å². The van der Waals surface area contributed by atoms with Gasteiger partial charge in [-0.3, -0.25) is 0 Å². The van der Waals surface area contributed by atoms with Crippen LogP contribution in [0.1, 0.15) is 53.5 Å². The van der Waals surface area contributed by atoms with Crippen molar-refractivity contribution < 1.29 is 4.74 Å². The molecule has 0 radical (unpaired) electrons. The minimum atomic E-state index is 0.0462. The van der Waals surface area contributed by atoms with Crippen LogP contribution in [0.3, 0.4) is 0 Å². The monoisotopic (exact) mass is 330 g/mol. The molecule has 0 bridgehead atoms. The third-order valence-electron chi connectivity index (χ3n) is 4.63. The van der Waals surface area contributed by atoms with Crippen LogP contribution in [-0.2, 0) is 4.74 Å². The van der Waals surface area contributed by atoms with Crippen LogP contribution in [0.4, 0.5) is 5.82 Å². The second-order valence-electron chi connectivity index (χ2n) is 6.49. The lowest BCUT2D eigenvalue weighted by Crippen LogP contribution is -2.39. The van der Waals surface area contributed by atoms with Gasteiger partial charge in [-0.25, -0.2) is 15.0 Å². The molecule has 23 heavy (non-hydrogen) atoms. The molecule has 2 aromatic heterocycles. The number of hydrogen-bond acceptors (Lipinski definition) is 6. The average Bonchev–Trinajstić information content (AvgIpc) is 2.92. The first kappa shape index (κ1) is 15.0. The average molecular weight is 330 g/mol. The van der Waals surface area contributed by atoms with Crippen molar-refractivity contribution in [1.29, 1.82) is 0 Å². The van der Waals surface area contributed by atoms with Crippen molar-refractivity contribution in [2.75, 3.05) is 24.6 Å². The first-order valence-corrected chi connectivity index (χ1v) is 9.21. The smallest absolute Gasteiger partial charge is 0.134 e. The Bertz CT molecular complexity index is 698. The summed E-state index contributed by atoms with van der Waals surface area (Å²) in [5.41, 5.74) is 2.13. The highest BCUT2D eigenvalue weighted by Crippen LogP contribution is 2.35. The zero-order valence-corrected chi connectivity index (χ0v) is 14.5. The first-order chi connectivity index (χ1) is 11.2. The lowest BCUT2D eigenvalue weighted by molar-refractivity contribution is 0.0392. The zero-order valence-electron chi connectivity index (χ0n) is 13.7. The van der Waals surface area contributed by atoms with E-state index in [0.717, 1.165) is 41.1 Å². The van der Waals surface area contributed by atoms with Crippen LogP contribution >= 0.6 is 11.3 Å². The van der Waals surface area contributed by atoms with Gasteiger partial charge in [-0.1, -0.05) is 6.42 Å². The molecule has 1 saturated heterocycles. The summed E-state index contributed by atoms with van der Waals surface area (Å²) in [6.45, 7) is 6.49. The maximum Gasteiger partial charge on any atom is 0.134 e. The molecule has 0 N–H and O–H groups in total. The van der Waals surface area contributed by atoms with E-state index < -0.39 is 0 Å². The van der Waals surface area contributed by atoms with E-state index in [4.69, 9.17) is 9.72 Å². The topological polar surface area (TPSA) is 51.1 Å². The van der Waals surface area contributed by atoms with Gasteiger partial charge in [0.15, 0.2) is 0 Å². The summed E-state index contributed by atoms with van der Waals surface area (Å²) in [7, 11) is 0. The van der Waals surface area contributed by atoms with E-state index >= 15 is 0 Å². The van der Waals surface area contributed by atoms with Crippen molar-refractivity contribution in [3.05, 3.63) is 33.7 Å². The van der Waals surface area contributed by atoms with Crippen molar-refractivity contribution >= 4 is 17.2 Å². The van der Waals surface area contributed by atoms with E-state index in [1.165, 1.54) is 19.3 Å². The molecule has 2 fully saturated rings. The molecule has 0 amide bonds. The summed E-state index contributed by atoms with van der Waals surface area (Å²) in [4.78, 5) is 16.4. The molecule has 2 aromatic rings. The zero-order chi connectivity index (χ0) is 15.8. The molecule has 3 heterocycles. The predicted octanol–water partition coefficient (Wildman–Crippen LogP) is 3.40. The molecule has 1 atom stereocenters. The minimum Gasteiger partial charge on any atom is -0.367 e. The second-order valence-corrected chi connectivity index (χ2v) is 7.38. The fourth-order valence-corrected chi connectivity index (χ4v) is 3.95. The largest absolute Gasteiger partial charge is 0.367 e. The molecule has 0 spiro atoms. The van der Waals surface area contributed by atoms with Crippen molar-refractivity contribution in [3.8, 4) is 0 Å². The van der Waals surface area contributed by atoms with Crippen LogP contribution in [-0.4, -0.2) is 34.6 Å². The Morgan fingerprint density at radius 1 is 1.17 bits per heavy atom. The highest BCUT2D eigenvalue weighted by molar-refractivity contribution is 7.09. The summed E-state index contributed by atoms with van der Waals surface area (Å²) in [5, 5.41) is 3.15. The number of morpholine rings is 1. The van der Waals surface area contributed by atoms with Crippen LogP contribution in [0.5, 0.6) is 0 Å². The number of nitrogens with zero attached hydrogens (tertiary/aromatic N) is 4. The van der Waals surface area contributed by atoms with E-state index in [0.29, 0.717) is 12.5 Å². The fraction of sp³-hybridized carbons (Fsp3) is 0.588. The Balaban J connectivity index is 1.56. The summed E-state index contributed by atoms with van der Waals surface area (Å²) >= 11 is 1.68. The van der Waals surface area contributed by atoms with Gasteiger partial charge in [-0.15, -0.1) is 11.3 Å². The Morgan fingerprint density at radius 3 is 2.74 bits per heavy atom. The quantitative estimate of drug-likeness (QED) is 0.863. The van der Waals surface area contributed by atoms with Gasteiger partial charge >= 0.3 is 0 Å². The highest BCUT2D eigenvalue weighted by Gasteiger charge is 2.27. The highest BCUT2D eigenvalue weighted by atomic mass is 32.1. The van der Waals surface area contributed by atoms with Gasteiger partial charge in [0.05, 0.1) is 13.2 Å². The molecule has 0 aromatic carbocycles. The fourth-order valence-electron chi connectivity index (χ4n) is 3.11. The van der Waals surface area contributed by atoms with Crippen LogP contribution in [0.25, 0.3) is 0 Å². The molecule has 2 aliphatic rings. The normalized spacial score (nSPS) is 22.2. The number of rotatable bonds is 3. The van der Waals surface area contributed by atoms with Crippen LogP contribution in [0.2, 0.25) is 0 Å². The van der Waals surface area contributed by atoms with Gasteiger partial charge in [-0.2, -0.15) is 0 Å².